The molecule has 0 aliphatic heterocycles. The lowest BCUT2D eigenvalue weighted by Crippen LogP contribution is -2.29. The minimum absolute atomic E-state index is 0.708. The largest absolute Gasteiger partial charge is 0.307 e. The van der Waals surface area contributed by atoms with Crippen molar-refractivity contribution in [2.24, 2.45) is 18.9 Å². The molecular formula is C37H33N2+. The van der Waals surface area contributed by atoms with E-state index < -0.39 is 0 Å². The van der Waals surface area contributed by atoms with Crippen LogP contribution in [0.1, 0.15) is 48.3 Å². The molecule has 2 heteroatoms. The molecule has 3 aromatic heterocycles. The van der Waals surface area contributed by atoms with Crippen LogP contribution < -0.4 is 4.57 Å². The number of hydrogen-bond donors (Lipinski definition) is 0. The van der Waals surface area contributed by atoms with Crippen LogP contribution in [0.15, 0.2) is 79.0 Å². The van der Waals surface area contributed by atoms with Crippen molar-refractivity contribution in [2.45, 2.75) is 45.4 Å². The van der Waals surface area contributed by atoms with Gasteiger partial charge in [0, 0.05) is 16.8 Å². The Hall–Kier alpha value is -3.91. The van der Waals surface area contributed by atoms with Gasteiger partial charge in [-0.15, -0.1) is 0 Å². The third-order valence-electron chi connectivity index (χ3n) is 10.6. The molecule has 7 aromatic rings. The van der Waals surface area contributed by atoms with E-state index in [2.05, 4.69) is 109 Å². The van der Waals surface area contributed by atoms with Crippen LogP contribution in [-0.4, -0.2) is 4.40 Å². The molecule has 39 heavy (non-hydrogen) atoms. The molecule has 190 valence electrons. The number of pyridine rings is 2. The number of hydrogen-bond acceptors (Lipinski definition) is 0. The highest BCUT2D eigenvalue weighted by Crippen LogP contribution is 2.54. The second kappa shape index (κ2) is 7.60. The number of fused-ring (bicyclic) bond motifs is 7. The zero-order chi connectivity index (χ0) is 26.0. The average Bonchev–Trinajstić information content (AvgIpc) is 3.68. The molecular weight excluding hydrogens is 472 g/mol. The van der Waals surface area contributed by atoms with Gasteiger partial charge >= 0.3 is 0 Å². The van der Waals surface area contributed by atoms with Gasteiger partial charge in [-0.3, -0.25) is 0 Å². The van der Waals surface area contributed by atoms with Crippen LogP contribution in [0.4, 0.5) is 0 Å². The van der Waals surface area contributed by atoms with E-state index in [0.29, 0.717) is 5.92 Å². The molecule has 0 N–H and O–H groups in total. The summed E-state index contributed by atoms with van der Waals surface area (Å²) < 4.78 is 4.99. The second-order valence-corrected chi connectivity index (χ2v) is 12.6. The zero-order valence-corrected chi connectivity index (χ0v) is 23.0. The summed E-state index contributed by atoms with van der Waals surface area (Å²) >= 11 is 0. The van der Waals surface area contributed by atoms with Crippen LogP contribution in [0, 0.1) is 25.7 Å². The fraction of sp³-hybridized carbons (Fsp3) is 0.270. The average molecular weight is 506 g/mol. The van der Waals surface area contributed by atoms with E-state index in [-0.39, 0.29) is 0 Å². The quantitative estimate of drug-likeness (QED) is 0.126. The maximum absolute atomic E-state index is 2.63. The third-order valence-corrected chi connectivity index (χ3v) is 10.6. The fourth-order valence-corrected chi connectivity index (χ4v) is 8.70. The Kier molecular flexibility index (Phi) is 4.28. The van der Waals surface area contributed by atoms with Crippen LogP contribution in [0.2, 0.25) is 0 Å². The highest BCUT2D eigenvalue weighted by Gasteiger charge is 2.40. The van der Waals surface area contributed by atoms with Crippen molar-refractivity contribution in [3.8, 4) is 11.1 Å². The van der Waals surface area contributed by atoms with Crippen LogP contribution in [0.3, 0.4) is 0 Å². The standard InChI is InChI=1S/C37H33N2/c1-21-16-30-35-28(24-8-5-4-6-9-24)10-7-11-31(35)39-32-20-27(29-18-23-12-13-25(29)17-23)19-26-14-15-38(3)37(34(26)32)33(22(21)2)36(30)39/h4-11,14-16,19-20,23,25,29H,12-13,17-18H2,1-3H3/q+1. The van der Waals surface area contributed by atoms with Crippen molar-refractivity contribution < 1.29 is 4.57 Å². The maximum Gasteiger partial charge on any atom is 0.224 e. The van der Waals surface area contributed by atoms with Crippen LogP contribution in [-0.2, 0) is 7.05 Å². The Morgan fingerprint density at radius 2 is 1.67 bits per heavy atom. The smallest absolute Gasteiger partial charge is 0.224 e. The minimum Gasteiger partial charge on any atom is -0.307 e. The Morgan fingerprint density at radius 3 is 2.46 bits per heavy atom. The number of nitrogens with zero attached hydrogens (tertiary/aromatic N) is 2. The van der Waals surface area contributed by atoms with Gasteiger partial charge in [-0.2, -0.15) is 0 Å². The van der Waals surface area contributed by atoms with E-state index in [1.165, 1.54) is 96.9 Å². The van der Waals surface area contributed by atoms with Crippen molar-refractivity contribution in [1.29, 1.82) is 0 Å². The minimum atomic E-state index is 0.708. The topological polar surface area (TPSA) is 8.29 Å². The molecule has 2 nitrogen and oxygen atoms in total. The summed E-state index contributed by atoms with van der Waals surface area (Å²) in [5.41, 5.74) is 12.3. The highest BCUT2D eigenvalue weighted by molar-refractivity contribution is 6.28. The van der Waals surface area contributed by atoms with Crippen LogP contribution in [0.5, 0.6) is 0 Å². The number of rotatable bonds is 2. The molecule has 0 radical (unpaired) electrons. The Morgan fingerprint density at radius 1 is 0.795 bits per heavy atom. The van der Waals surface area contributed by atoms with Gasteiger partial charge < -0.3 is 4.40 Å². The van der Waals surface area contributed by atoms with E-state index in [0.717, 1.165) is 11.8 Å². The third kappa shape index (κ3) is 2.79. The van der Waals surface area contributed by atoms with Gasteiger partial charge in [-0.1, -0.05) is 55.0 Å². The molecule has 2 bridgehead atoms. The molecule has 2 fully saturated rings. The van der Waals surface area contributed by atoms with Gasteiger partial charge in [0.15, 0.2) is 6.20 Å². The molecule has 0 spiro atoms. The van der Waals surface area contributed by atoms with Gasteiger partial charge in [0.1, 0.15) is 7.05 Å². The molecule has 3 unspecified atom stereocenters. The van der Waals surface area contributed by atoms with Crippen molar-refractivity contribution in [3.05, 3.63) is 95.7 Å². The van der Waals surface area contributed by atoms with Crippen molar-refractivity contribution in [1.82, 2.24) is 4.40 Å². The van der Waals surface area contributed by atoms with Gasteiger partial charge in [0.05, 0.1) is 27.3 Å². The monoisotopic (exact) mass is 505 g/mol. The van der Waals surface area contributed by atoms with Crippen LogP contribution >= 0.6 is 0 Å². The molecule has 0 amide bonds. The predicted octanol–water partition coefficient (Wildman–Crippen LogP) is 9.00. The van der Waals surface area contributed by atoms with E-state index in [1.807, 2.05) is 0 Å². The lowest BCUT2D eigenvalue weighted by molar-refractivity contribution is -0.643. The van der Waals surface area contributed by atoms with E-state index in [4.69, 9.17) is 0 Å². The normalized spacial score (nSPS) is 21.1. The first kappa shape index (κ1) is 22.0. The SMILES string of the molecule is Cc1cc2c3c(-c4ccccc4)cccc3n3c4cc(C5CC6CCC5C6)cc5cc[n+](C)c(c(c1C)c23)c54. The molecule has 4 aromatic carbocycles. The summed E-state index contributed by atoms with van der Waals surface area (Å²) in [6, 6.07) is 27.8. The van der Waals surface area contributed by atoms with Crippen molar-refractivity contribution >= 4 is 49.0 Å². The molecule has 3 heterocycles. The number of aromatic nitrogens is 2. The molecule has 2 aliphatic carbocycles. The first-order chi connectivity index (χ1) is 19.1. The lowest BCUT2D eigenvalue weighted by atomic mass is 9.82. The Labute approximate surface area is 228 Å². The predicted molar refractivity (Wildman–Crippen MR) is 163 cm³/mol. The van der Waals surface area contributed by atoms with E-state index in [1.54, 1.807) is 5.56 Å². The van der Waals surface area contributed by atoms with E-state index in [9.17, 15) is 0 Å². The summed E-state index contributed by atoms with van der Waals surface area (Å²) in [5, 5.41) is 6.93. The lowest BCUT2D eigenvalue weighted by Gasteiger charge is -2.23. The highest BCUT2D eigenvalue weighted by atomic mass is 15.0. The van der Waals surface area contributed by atoms with Crippen molar-refractivity contribution in [2.75, 3.05) is 0 Å². The van der Waals surface area contributed by atoms with Crippen LogP contribution in [0.25, 0.3) is 60.1 Å². The summed E-state index contributed by atoms with van der Waals surface area (Å²) in [4.78, 5) is 0. The summed E-state index contributed by atoms with van der Waals surface area (Å²) in [7, 11) is 2.23. The first-order valence-corrected chi connectivity index (χ1v) is 14.7. The van der Waals surface area contributed by atoms with Gasteiger partial charge in [-0.25, -0.2) is 4.57 Å². The molecule has 9 rings (SSSR count). The summed E-state index contributed by atoms with van der Waals surface area (Å²) in [6.45, 7) is 4.60. The van der Waals surface area contributed by atoms with E-state index >= 15 is 0 Å². The van der Waals surface area contributed by atoms with Crippen molar-refractivity contribution in [3.63, 3.8) is 0 Å². The first-order valence-electron chi connectivity index (χ1n) is 14.7. The fourth-order valence-electron chi connectivity index (χ4n) is 8.70. The van der Waals surface area contributed by atoms with Gasteiger partial charge in [0.2, 0.25) is 5.52 Å². The Balaban J connectivity index is 1.53. The molecule has 0 saturated heterocycles. The van der Waals surface area contributed by atoms with Gasteiger partial charge in [0.25, 0.3) is 0 Å². The zero-order valence-electron chi connectivity index (χ0n) is 23.0. The summed E-state index contributed by atoms with van der Waals surface area (Å²) in [6.07, 6.45) is 7.95. The molecule has 3 atom stereocenters. The van der Waals surface area contributed by atoms with Gasteiger partial charge in [-0.05, 0) is 102 Å². The second-order valence-electron chi connectivity index (χ2n) is 12.6. The number of benzene rings is 4. The molecule has 2 aliphatic rings. The Bertz CT molecular complexity index is 2110. The summed E-state index contributed by atoms with van der Waals surface area (Å²) in [5.74, 6) is 2.51. The molecule has 2 saturated carbocycles. The maximum atomic E-state index is 2.63. The number of aryl methyl sites for hydroxylation is 3.